The molecule has 5 rings (SSSR count). The predicted molar refractivity (Wildman–Crippen MR) is 183 cm³/mol. The van der Waals surface area contributed by atoms with Gasteiger partial charge in [-0.1, -0.05) is 19.1 Å². The zero-order valence-electron chi connectivity index (χ0n) is 27.9. The molecule has 10 heteroatoms. The Balaban J connectivity index is 1.12. The number of thiazole rings is 1. The highest BCUT2D eigenvalue weighted by Gasteiger charge is 2.25. The third-order valence-electron chi connectivity index (χ3n) is 8.89. The number of likely N-dealkylation sites (tertiary alicyclic amines) is 1. The van der Waals surface area contributed by atoms with Gasteiger partial charge in [-0.25, -0.2) is 14.4 Å². The summed E-state index contributed by atoms with van der Waals surface area (Å²) >= 11 is 1.64. The van der Waals surface area contributed by atoms with E-state index in [-0.39, 0.29) is 23.7 Å². The predicted octanol–water partition coefficient (Wildman–Crippen LogP) is 7.76. The third kappa shape index (κ3) is 9.34. The highest BCUT2D eigenvalue weighted by molar-refractivity contribution is 7.18. The van der Waals surface area contributed by atoms with Crippen LogP contribution in [0.3, 0.4) is 0 Å². The van der Waals surface area contributed by atoms with Crippen LogP contribution in [0.15, 0.2) is 54.6 Å². The molecule has 1 N–H and O–H groups in total. The number of amides is 1. The Bertz CT molecular complexity index is 1740. The summed E-state index contributed by atoms with van der Waals surface area (Å²) in [5, 5.41) is 13.2. The Morgan fingerprint density at radius 1 is 1.11 bits per heavy atom. The molecule has 0 bridgehead atoms. The molecule has 3 heterocycles. The number of nitrogens with one attached hydrogen (secondary N) is 1. The largest absolute Gasteiger partial charge is 0.473 e. The van der Waals surface area contributed by atoms with Gasteiger partial charge in [0.05, 0.1) is 34.0 Å². The molecule has 0 saturated carbocycles. The summed E-state index contributed by atoms with van der Waals surface area (Å²) in [6.07, 6.45) is 3.59. The summed E-state index contributed by atoms with van der Waals surface area (Å²) < 4.78 is 27.1. The maximum atomic E-state index is 14.3. The van der Waals surface area contributed by atoms with Crippen molar-refractivity contribution in [3.63, 3.8) is 0 Å². The number of piperidine rings is 1. The van der Waals surface area contributed by atoms with Gasteiger partial charge >= 0.3 is 0 Å². The number of rotatable bonds is 13. The van der Waals surface area contributed by atoms with E-state index in [2.05, 4.69) is 31.0 Å². The Hall–Kier alpha value is -3.91. The van der Waals surface area contributed by atoms with Crippen molar-refractivity contribution in [1.29, 1.82) is 5.26 Å². The molecule has 0 radical (unpaired) electrons. The molecular weight excluding hydrogens is 614 g/mol. The van der Waals surface area contributed by atoms with Crippen molar-refractivity contribution in [3.8, 4) is 11.9 Å². The highest BCUT2D eigenvalue weighted by Crippen LogP contribution is 2.31. The first kappa shape index (κ1) is 34.4. The minimum atomic E-state index is -0.459. The van der Waals surface area contributed by atoms with E-state index in [0.29, 0.717) is 29.5 Å². The Morgan fingerprint density at radius 2 is 1.89 bits per heavy atom. The number of hydrogen-bond acceptors (Lipinski definition) is 8. The zero-order chi connectivity index (χ0) is 33.6. The number of pyridine rings is 1. The van der Waals surface area contributed by atoms with Crippen molar-refractivity contribution in [3.05, 3.63) is 87.8 Å². The van der Waals surface area contributed by atoms with E-state index in [0.717, 1.165) is 66.2 Å². The van der Waals surface area contributed by atoms with Crippen LogP contribution in [-0.2, 0) is 17.9 Å². The van der Waals surface area contributed by atoms with Crippen molar-refractivity contribution >= 4 is 27.5 Å². The van der Waals surface area contributed by atoms with E-state index in [1.54, 1.807) is 29.5 Å². The van der Waals surface area contributed by atoms with Crippen LogP contribution >= 0.6 is 11.3 Å². The van der Waals surface area contributed by atoms with Gasteiger partial charge in [0.2, 0.25) is 5.88 Å². The van der Waals surface area contributed by atoms with E-state index < -0.39 is 11.4 Å². The average Bonchev–Trinajstić information content (AvgIpc) is 3.45. The van der Waals surface area contributed by atoms with Crippen molar-refractivity contribution in [1.82, 2.24) is 20.2 Å². The van der Waals surface area contributed by atoms with Gasteiger partial charge in [0.15, 0.2) is 0 Å². The van der Waals surface area contributed by atoms with Gasteiger partial charge < -0.3 is 14.8 Å². The number of halogens is 1. The van der Waals surface area contributed by atoms with Gasteiger partial charge in [0.1, 0.15) is 17.4 Å². The zero-order valence-corrected chi connectivity index (χ0v) is 28.8. The molecule has 1 aliphatic heterocycles. The van der Waals surface area contributed by atoms with Crippen LogP contribution < -0.4 is 10.1 Å². The fourth-order valence-corrected chi connectivity index (χ4v) is 6.56. The first-order valence-electron chi connectivity index (χ1n) is 16.3. The number of hydrogen-bond donors (Lipinski definition) is 1. The standard InChI is InChI=1S/C37H44FN5O3S/c1-6-37(4,5)46-19-16-36(2,3)42-35(44)27-12-13-31-32(21-27)47-34(41-31)23-43-17-14-26(15-18-43)30-8-7-9-33(40-30)45-24-28-11-10-25(22-39)20-29(28)38/h7-13,20-21,26H,6,14-19,23-24H2,1-5H3,(H,42,44). The van der Waals surface area contributed by atoms with Crippen LogP contribution in [0.5, 0.6) is 5.88 Å². The molecule has 1 fully saturated rings. The monoisotopic (exact) mass is 657 g/mol. The Labute approximate surface area is 280 Å². The lowest BCUT2D eigenvalue weighted by Gasteiger charge is -2.31. The SMILES string of the molecule is CCC(C)(C)OCCC(C)(C)NC(=O)c1ccc2nc(CN3CCC(c4cccc(OCc5ccc(C#N)cc5F)n4)CC3)sc2c1. The smallest absolute Gasteiger partial charge is 0.251 e. The summed E-state index contributed by atoms with van der Waals surface area (Å²) in [6, 6.07) is 17.8. The fourth-order valence-electron chi connectivity index (χ4n) is 5.51. The van der Waals surface area contributed by atoms with E-state index >= 15 is 0 Å². The molecule has 0 aliphatic carbocycles. The highest BCUT2D eigenvalue weighted by atomic mass is 32.1. The average molecular weight is 658 g/mol. The summed E-state index contributed by atoms with van der Waals surface area (Å²) in [5.41, 5.74) is 2.64. The fraction of sp³-hybridized carbons (Fsp3) is 0.459. The molecule has 248 valence electrons. The van der Waals surface area contributed by atoms with Crippen LogP contribution in [0.2, 0.25) is 0 Å². The summed E-state index contributed by atoms with van der Waals surface area (Å²) in [4.78, 5) is 25.1. The van der Waals surface area contributed by atoms with Crippen LogP contribution in [0, 0.1) is 17.1 Å². The number of aromatic nitrogens is 2. The summed E-state index contributed by atoms with van der Waals surface area (Å²) in [5.74, 6) is 0.226. The Kier molecular flexibility index (Phi) is 10.9. The quantitative estimate of drug-likeness (QED) is 0.157. The molecule has 0 atom stereocenters. The molecule has 1 amide bonds. The molecule has 8 nitrogen and oxygen atoms in total. The molecule has 1 aliphatic rings. The number of benzene rings is 2. The molecule has 47 heavy (non-hydrogen) atoms. The molecule has 0 unspecified atom stereocenters. The van der Waals surface area contributed by atoms with Gasteiger partial charge in [-0.05, 0) is 103 Å². The number of nitrogens with zero attached hydrogens (tertiary/aromatic N) is 4. The topological polar surface area (TPSA) is 100 Å². The van der Waals surface area contributed by atoms with Crippen LogP contribution in [0.4, 0.5) is 4.39 Å². The van der Waals surface area contributed by atoms with Gasteiger partial charge in [0, 0.05) is 41.0 Å². The van der Waals surface area contributed by atoms with E-state index in [4.69, 9.17) is 24.7 Å². The molecule has 2 aromatic carbocycles. The van der Waals surface area contributed by atoms with E-state index in [1.165, 1.54) is 6.07 Å². The number of nitriles is 1. The maximum absolute atomic E-state index is 14.3. The van der Waals surface area contributed by atoms with Gasteiger partial charge in [-0.15, -0.1) is 11.3 Å². The van der Waals surface area contributed by atoms with E-state index in [9.17, 15) is 9.18 Å². The molecular formula is C37H44FN5O3S. The normalized spacial score (nSPS) is 14.7. The van der Waals surface area contributed by atoms with Crippen molar-refractivity contribution in [2.75, 3.05) is 19.7 Å². The second-order valence-electron chi connectivity index (χ2n) is 13.5. The number of fused-ring (bicyclic) bond motifs is 1. The van der Waals surface area contributed by atoms with Crippen LogP contribution in [-0.4, -0.2) is 51.6 Å². The second kappa shape index (κ2) is 14.9. The molecule has 4 aromatic rings. The lowest BCUT2D eigenvalue weighted by molar-refractivity contribution is -0.0271. The van der Waals surface area contributed by atoms with Crippen LogP contribution in [0.25, 0.3) is 10.2 Å². The Morgan fingerprint density at radius 3 is 2.62 bits per heavy atom. The third-order valence-corrected chi connectivity index (χ3v) is 9.89. The molecule has 0 spiro atoms. The van der Waals surface area contributed by atoms with Gasteiger partial charge in [0.25, 0.3) is 5.91 Å². The van der Waals surface area contributed by atoms with E-state index in [1.807, 2.05) is 50.2 Å². The van der Waals surface area contributed by atoms with Crippen LogP contribution in [0.1, 0.15) is 98.4 Å². The number of carbonyl (C=O) groups excluding carboxylic acids is 1. The minimum Gasteiger partial charge on any atom is -0.473 e. The molecule has 1 saturated heterocycles. The van der Waals surface area contributed by atoms with Gasteiger partial charge in [-0.2, -0.15) is 5.26 Å². The second-order valence-corrected chi connectivity index (χ2v) is 14.6. The number of carbonyl (C=O) groups is 1. The summed E-state index contributed by atoms with van der Waals surface area (Å²) in [6.45, 7) is 13.6. The minimum absolute atomic E-state index is 0.0475. The van der Waals surface area contributed by atoms with Crippen molar-refractivity contribution < 1.29 is 18.7 Å². The lowest BCUT2D eigenvalue weighted by atomic mass is 9.93. The lowest BCUT2D eigenvalue weighted by Crippen LogP contribution is -2.44. The maximum Gasteiger partial charge on any atom is 0.251 e. The molecule has 2 aromatic heterocycles. The van der Waals surface area contributed by atoms with Crippen molar-refractivity contribution in [2.45, 2.75) is 90.5 Å². The number of ether oxygens (including phenoxy) is 2. The first-order valence-corrected chi connectivity index (χ1v) is 17.1. The van der Waals surface area contributed by atoms with Gasteiger partial charge in [-0.3, -0.25) is 9.69 Å². The first-order chi connectivity index (χ1) is 22.4. The van der Waals surface area contributed by atoms with Crippen molar-refractivity contribution in [2.24, 2.45) is 0 Å². The summed E-state index contributed by atoms with van der Waals surface area (Å²) in [7, 11) is 0.